The van der Waals surface area contributed by atoms with Crippen LogP contribution in [-0.2, 0) is 21.9 Å². The van der Waals surface area contributed by atoms with Gasteiger partial charge in [0.25, 0.3) is 5.91 Å². The van der Waals surface area contributed by atoms with E-state index in [1.165, 1.54) is 30.3 Å². The van der Waals surface area contributed by atoms with Gasteiger partial charge >= 0.3 is 0 Å². The minimum Gasteiger partial charge on any atom is -0.356 e. The summed E-state index contributed by atoms with van der Waals surface area (Å²) in [5.74, 6) is -0.468. The fourth-order valence-electron chi connectivity index (χ4n) is 3.46. The first kappa shape index (κ1) is 22.4. The molecule has 1 aliphatic rings. The second-order valence-corrected chi connectivity index (χ2v) is 9.21. The number of piperidine rings is 1. The topological polar surface area (TPSA) is 101 Å². The van der Waals surface area contributed by atoms with E-state index in [9.17, 15) is 18.0 Å². The number of amides is 2. The van der Waals surface area contributed by atoms with Crippen LogP contribution in [-0.4, -0.2) is 56.4 Å². The standard InChI is InChI=1S/C19H32N4O4S/c1-4-5-6-7-10-21-18(24)15-9-8-11-23(13-15)19(25)17-12-16(14-22(17)3)28(26,27)20-2/h12,14-15,20H,4-11,13H2,1-3H3,(H,21,24). The van der Waals surface area contributed by atoms with Crippen molar-refractivity contribution in [2.45, 2.75) is 50.3 Å². The molecule has 0 aromatic carbocycles. The monoisotopic (exact) mass is 412 g/mol. The summed E-state index contributed by atoms with van der Waals surface area (Å²) < 4.78 is 27.7. The van der Waals surface area contributed by atoms with Crippen molar-refractivity contribution < 1.29 is 18.0 Å². The van der Waals surface area contributed by atoms with Crippen LogP contribution in [0, 0.1) is 5.92 Å². The van der Waals surface area contributed by atoms with Crippen LogP contribution in [0.4, 0.5) is 0 Å². The van der Waals surface area contributed by atoms with Gasteiger partial charge in [-0.1, -0.05) is 26.2 Å². The lowest BCUT2D eigenvalue weighted by Crippen LogP contribution is -2.46. The molecule has 0 spiro atoms. The van der Waals surface area contributed by atoms with Crippen LogP contribution in [0.25, 0.3) is 0 Å². The van der Waals surface area contributed by atoms with Gasteiger partial charge in [0, 0.05) is 32.9 Å². The van der Waals surface area contributed by atoms with Crippen LogP contribution in [0.1, 0.15) is 55.9 Å². The minimum absolute atomic E-state index is 0.000621. The first-order valence-corrected chi connectivity index (χ1v) is 11.4. The molecular weight excluding hydrogens is 380 g/mol. The molecule has 28 heavy (non-hydrogen) atoms. The van der Waals surface area contributed by atoms with Gasteiger partial charge in [0.2, 0.25) is 15.9 Å². The summed E-state index contributed by atoms with van der Waals surface area (Å²) in [5, 5.41) is 2.98. The van der Waals surface area contributed by atoms with E-state index in [1.54, 1.807) is 11.9 Å². The average molecular weight is 413 g/mol. The summed E-state index contributed by atoms with van der Waals surface area (Å²) in [5.41, 5.74) is 0.300. The van der Waals surface area contributed by atoms with Gasteiger partial charge in [0.15, 0.2) is 0 Å². The Labute approximate surface area is 167 Å². The fraction of sp³-hybridized carbons (Fsp3) is 0.684. The molecule has 9 heteroatoms. The Morgan fingerprint density at radius 2 is 2.00 bits per heavy atom. The predicted octanol–water partition coefficient (Wildman–Crippen LogP) is 1.48. The largest absolute Gasteiger partial charge is 0.356 e. The van der Waals surface area contributed by atoms with Crippen LogP contribution in [0.15, 0.2) is 17.2 Å². The number of nitrogens with zero attached hydrogens (tertiary/aromatic N) is 2. The molecule has 1 aromatic rings. The summed E-state index contributed by atoms with van der Waals surface area (Å²) >= 11 is 0. The van der Waals surface area contributed by atoms with Crippen molar-refractivity contribution in [2.24, 2.45) is 13.0 Å². The number of carbonyl (C=O) groups is 2. The Kier molecular flexibility index (Phi) is 8.06. The first-order valence-electron chi connectivity index (χ1n) is 9.97. The Hall–Kier alpha value is -1.87. The maximum Gasteiger partial charge on any atom is 0.270 e. The molecule has 1 saturated heterocycles. The number of carbonyl (C=O) groups excluding carboxylic acids is 2. The zero-order chi connectivity index (χ0) is 20.7. The number of likely N-dealkylation sites (tertiary alicyclic amines) is 1. The molecule has 2 rings (SSSR count). The second kappa shape index (κ2) is 10.1. The lowest BCUT2D eigenvalue weighted by atomic mass is 9.96. The molecule has 2 amide bonds. The molecule has 0 aliphatic carbocycles. The maximum atomic E-state index is 12.9. The molecule has 1 unspecified atom stereocenters. The third-order valence-electron chi connectivity index (χ3n) is 5.19. The van der Waals surface area contributed by atoms with Gasteiger partial charge < -0.3 is 14.8 Å². The fourth-order valence-corrected chi connectivity index (χ4v) is 4.26. The van der Waals surface area contributed by atoms with Gasteiger partial charge in [0.05, 0.1) is 5.92 Å². The van der Waals surface area contributed by atoms with E-state index in [0.717, 1.165) is 32.1 Å². The predicted molar refractivity (Wildman–Crippen MR) is 107 cm³/mol. The maximum absolute atomic E-state index is 12.9. The number of aromatic nitrogens is 1. The molecule has 1 fully saturated rings. The van der Waals surface area contributed by atoms with Crippen molar-refractivity contribution in [3.05, 3.63) is 18.0 Å². The molecule has 2 heterocycles. The number of hydrogen-bond donors (Lipinski definition) is 2. The molecule has 1 aromatic heterocycles. The zero-order valence-electron chi connectivity index (χ0n) is 17.0. The molecular formula is C19H32N4O4S. The van der Waals surface area contributed by atoms with E-state index < -0.39 is 10.0 Å². The van der Waals surface area contributed by atoms with Gasteiger partial charge in [-0.15, -0.1) is 0 Å². The Bertz CT molecular complexity index is 788. The SMILES string of the molecule is CCCCCCNC(=O)C1CCCN(C(=O)c2cc(S(=O)(=O)NC)cn2C)C1. The Balaban J connectivity index is 1.98. The van der Waals surface area contributed by atoms with Gasteiger partial charge in [-0.25, -0.2) is 13.1 Å². The third kappa shape index (κ3) is 5.57. The highest BCUT2D eigenvalue weighted by atomic mass is 32.2. The number of sulfonamides is 1. The highest BCUT2D eigenvalue weighted by Crippen LogP contribution is 2.21. The lowest BCUT2D eigenvalue weighted by molar-refractivity contribution is -0.126. The van der Waals surface area contributed by atoms with Gasteiger partial charge in [0.1, 0.15) is 10.6 Å². The highest BCUT2D eigenvalue weighted by Gasteiger charge is 2.30. The summed E-state index contributed by atoms with van der Waals surface area (Å²) in [6.45, 7) is 3.75. The average Bonchev–Trinajstić information content (AvgIpc) is 3.09. The van der Waals surface area contributed by atoms with Gasteiger partial charge in [-0.2, -0.15) is 0 Å². The summed E-state index contributed by atoms with van der Waals surface area (Å²) in [7, 11) is -0.633. The van der Waals surface area contributed by atoms with E-state index in [1.807, 2.05) is 0 Å². The van der Waals surface area contributed by atoms with Crippen LogP contribution >= 0.6 is 0 Å². The second-order valence-electron chi connectivity index (χ2n) is 7.32. The van der Waals surface area contributed by atoms with Crippen molar-refractivity contribution in [1.82, 2.24) is 19.5 Å². The van der Waals surface area contributed by atoms with Crippen LogP contribution in [0.2, 0.25) is 0 Å². The van der Waals surface area contributed by atoms with Crippen LogP contribution in [0.5, 0.6) is 0 Å². The number of rotatable bonds is 9. The van der Waals surface area contributed by atoms with E-state index in [4.69, 9.17) is 0 Å². The highest BCUT2D eigenvalue weighted by molar-refractivity contribution is 7.89. The van der Waals surface area contributed by atoms with E-state index in [2.05, 4.69) is 17.0 Å². The Morgan fingerprint density at radius 3 is 2.68 bits per heavy atom. The van der Waals surface area contributed by atoms with E-state index >= 15 is 0 Å². The van der Waals surface area contributed by atoms with Crippen molar-refractivity contribution >= 4 is 21.8 Å². The van der Waals surface area contributed by atoms with Crippen molar-refractivity contribution in [1.29, 1.82) is 0 Å². The molecule has 0 bridgehead atoms. The molecule has 0 saturated carbocycles. The number of unbranched alkanes of at least 4 members (excludes halogenated alkanes) is 3. The van der Waals surface area contributed by atoms with Gasteiger partial charge in [-0.3, -0.25) is 9.59 Å². The number of nitrogens with one attached hydrogen (secondary N) is 2. The summed E-state index contributed by atoms with van der Waals surface area (Å²) in [6.07, 6.45) is 7.35. The number of aryl methyl sites for hydroxylation is 1. The first-order chi connectivity index (χ1) is 13.3. The summed E-state index contributed by atoms with van der Waals surface area (Å²) in [4.78, 5) is 27.0. The van der Waals surface area contributed by atoms with E-state index in [0.29, 0.717) is 25.3 Å². The molecule has 1 atom stereocenters. The molecule has 0 radical (unpaired) electrons. The van der Waals surface area contributed by atoms with Crippen LogP contribution < -0.4 is 10.0 Å². The lowest BCUT2D eigenvalue weighted by Gasteiger charge is -2.32. The molecule has 2 N–H and O–H groups in total. The quantitative estimate of drug-likeness (QED) is 0.600. The normalized spacial score (nSPS) is 17.5. The third-order valence-corrected chi connectivity index (χ3v) is 6.57. The van der Waals surface area contributed by atoms with E-state index in [-0.39, 0.29) is 22.6 Å². The van der Waals surface area contributed by atoms with Crippen molar-refractivity contribution in [2.75, 3.05) is 26.7 Å². The van der Waals surface area contributed by atoms with Gasteiger partial charge in [-0.05, 0) is 32.4 Å². The Morgan fingerprint density at radius 1 is 1.25 bits per heavy atom. The zero-order valence-corrected chi connectivity index (χ0v) is 17.8. The smallest absolute Gasteiger partial charge is 0.270 e. The molecule has 158 valence electrons. The number of hydrogen-bond acceptors (Lipinski definition) is 4. The minimum atomic E-state index is -3.61. The molecule has 8 nitrogen and oxygen atoms in total. The van der Waals surface area contributed by atoms with Crippen LogP contribution in [0.3, 0.4) is 0 Å². The van der Waals surface area contributed by atoms with Crippen molar-refractivity contribution in [3.8, 4) is 0 Å². The molecule has 1 aliphatic heterocycles. The van der Waals surface area contributed by atoms with Crippen molar-refractivity contribution in [3.63, 3.8) is 0 Å². The summed E-state index contributed by atoms with van der Waals surface area (Å²) in [6, 6.07) is 1.38.